The van der Waals surface area contributed by atoms with Gasteiger partial charge in [0.15, 0.2) is 0 Å². The Labute approximate surface area is 68.5 Å². The van der Waals surface area contributed by atoms with Gasteiger partial charge in [0, 0.05) is 12.3 Å². The molecule has 0 saturated heterocycles. The van der Waals surface area contributed by atoms with Crippen molar-refractivity contribution in [2.75, 3.05) is 0 Å². The molecule has 1 fully saturated rings. The van der Waals surface area contributed by atoms with Crippen LogP contribution >= 0.6 is 0 Å². The Hall–Kier alpha value is -0.590. The summed E-state index contributed by atoms with van der Waals surface area (Å²) in [5, 5.41) is 0. The summed E-state index contributed by atoms with van der Waals surface area (Å²) in [6.07, 6.45) is 2.97. The standard InChI is InChI=1S/C10H16O/c1-7(2)9-5-4-8(3)6-10(9)11/h8-9H,1,4-6H2,2-3H3. The predicted octanol–water partition coefficient (Wildman–Crippen LogP) is 2.57. The summed E-state index contributed by atoms with van der Waals surface area (Å²) in [6, 6.07) is 0. The summed E-state index contributed by atoms with van der Waals surface area (Å²) in [5.74, 6) is 1.17. The Bertz CT molecular complexity index is 181. The fourth-order valence-electron chi connectivity index (χ4n) is 1.72. The lowest BCUT2D eigenvalue weighted by Gasteiger charge is -2.24. The van der Waals surface area contributed by atoms with Crippen molar-refractivity contribution in [3.05, 3.63) is 12.2 Å². The first-order valence-corrected chi connectivity index (χ1v) is 4.29. The zero-order valence-electron chi connectivity index (χ0n) is 7.39. The van der Waals surface area contributed by atoms with Gasteiger partial charge in [0.1, 0.15) is 5.78 Å². The normalized spacial score (nSPS) is 32.0. The minimum Gasteiger partial charge on any atom is -0.299 e. The van der Waals surface area contributed by atoms with Crippen LogP contribution in [0.4, 0.5) is 0 Å². The Morgan fingerprint density at radius 2 is 2.18 bits per heavy atom. The molecule has 0 spiro atoms. The molecule has 11 heavy (non-hydrogen) atoms. The number of rotatable bonds is 1. The van der Waals surface area contributed by atoms with Gasteiger partial charge in [-0.15, -0.1) is 0 Å². The molecule has 1 rings (SSSR count). The molecule has 0 amide bonds. The number of Topliss-reactive ketones (excluding diaryl/α,β-unsaturated/α-hetero) is 1. The molecular formula is C10H16O. The van der Waals surface area contributed by atoms with E-state index in [-0.39, 0.29) is 5.92 Å². The molecule has 1 aliphatic carbocycles. The van der Waals surface area contributed by atoms with E-state index in [4.69, 9.17) is 0 Å². The Balaban J connectivity index is 2.58. The highest BCUT2D eigenvalue weighted by molar-refractivity contribution is 5.84. The molecule has 1 nitrogen and oxygen atoms in total. The van der Waals surface area contributed by atoms with E-state index in [0.717, 1.165) is 18.4 Å². The maximum atomic E-state index is 11.4. The van der Waals surface area contributed by atoms with E-state index in [9.17, 15) is 4.79 Å². The van der Waals surface area contributed by atoms with Crippen LogP contribution in [0, 0.1) is 11.8 Å². The summed E-state index contributed by atoms with van der Waals surface area (Å²) in [7, 11) is 0. The van der Waals surface area contributed by atoms with Crippen LogP contribution in [0.1, 0.15) is 33.1 Å². The van der Waals surface area contributed by atoms with Crippen LogP contribution in [0.5, 0.6) is 0 Å². The second-order valence-corrected chi connectivity index (χ2v) is 3.75. The topological polar surface area (TPSA) is 17.1 Å². The SMILES string of the molecule is C=C(C)C1CCC(C)CC1=O. The molecule has 0 aromatic carbocycles. The number of carbonyl (C=O) groups is 1. The van der Waals surface area contributed by atoms with Crippen molar-refractivity contribution in [3.63, 3.8) is 0 Å². The van der Waals surface area contributed by atoms with Gasteiger partial charge in [-0.25, -0.2) is 0 Å². The molecule has 0 heterocycles. The predicted molar refractivity (Wildman–Crippen MR) is 46.3 cm³/mol. The van der Waals surface area contributed by atoms with E-state index < -0.39 is 0 Å². The number of hydrogen-bond acceptors (Lipinski definition) is 1. The molecule has 0 aromatic rings. The van der Waals surface area contributed by atoms with Gasteiger partial charge < -0.3 is 0 Å². The summed E-state index contributed by atoms with van der Waals surface area (Å²) < 4.78 is 0. The second-order valence-electron chi connectivity index (χ2n) is 3.75. The van der Waals surface area contributed by atoms with Crippen LogP contribution < -0.4 is 0 Å². The lowest BCUT2D eigenvalue weighted by atomic mass is 9.79. The monoisotopic (exact) mass is 152 g/mol. The Kier molecular flexibility index (Phi) is 2.48. The summed E-state index contributed by atoms with van der Waals surface area (Å²) >= 11 is 0. The van der Waals surface area contributed by atoms with Crippen molar-refractivity contribution in [1.82, 2.24) is 0 Å². The Morgan fingerprint density at radius 1 is 1.55 bits per heavy atom. The summed E-state index contributed by atoms with van der Waals surface area (Å²) in [6.45, 7) is 7.94. The minimum absolute atomic E-state index is 0.172. The fourth-order valence-corrected chi connectivity index (χ4v) is 1.72. The van der Waals surface area contributed by atoms with Crippen LogP contribution in [0.25, 0.3) is 0 Å². The average molecular weight is 152 g/mol. The highest BCUT2D eigenvalue weighted by Crippen LogP contribution is 2.29. The lowest BCUT2D eigenvalue weighted by molar-refractivity contribution is -0.124. The third-order valence-electron chi connectivity index (χ3n) is 2.48. The molecule has 1 heteroatoms. The fraction of sp³-hybridized carbons (Fsp3) is 0.700. The molecule has 62 valence electrons. The first kappa shape index (κ1) is 8.51. The van der Waals surface area contributed by atoms with Gasteiger partial charge in [0.05, 0.1) is 0 Å². The zero-order chi connectivity index (χ0) is 8.43. The number of carbonyl (C=O) groups excluding carboxylic acids is 1. The molecule has 1 saturated carbocycles. The van der Waals surface area contributed by atoms with E-state index in [1.54, 1.807) is 0 Å². The van der Waals surface area contributed by atoms with E-state index in [0.29, 0.717) is 11.7 Å². The van der Waals surface area contributed by atoms with Crippen LogP contribution in [0.3, 0.4) is 0 Å². The van der Waals surface area contributed by atoms with Crippen molar-refractivity contribution >= 4 is 5.78 Å². The minimum atomic E-state index is 0.172. The van der Waals surface area contributed by atoms with Crippen LogP contribution in [0.15, 0.2) is 12.2 Å². The van der Waals surface area contributed by atoms with Gasteiger partial charge in [-0.3, -0.25) is 4.79 Å². The van der Waals surface area contributed by atoms with Gasteiger partial charge in [-0.1, -0.05) is 19.1 Å². The average Bonchev–Trinajstić information content (AvgIpc) is 1.85. The third kappa shape index (κ3) is 1.92. The van der Waals surface area contributed by atoms with E-state index in [1.165, 1.54) is 6.42 Å². The highest BCUT2D eigenvalue weighted by atomic mass is 16.1. The molecule has 0 aliphatic heterocycles. The molecule has 0 aromatic heterocycles. The van der Waals surface area contributed by atoms with Crippen LogP contribution in [0.2, 0.25) is 0 Å². The van der Waals surface area contributed by atoms with Gasteiger partial charge in [0.25, 0.3) is 0 Å². The van der Waals surface area contributed by atoms with Crippen molar-refractivity contribution in [2.45, 2.75) is 33.1 Å². The number of ketones is 1. The molecule has 0 radical (unpaired) electrons. The number of allylic oxidation sites excluding steroid dienone is 1. The second kappa shape index (κ2) is 3.21. The van der Waals surface area contributed by atoms with Crippen molar-refractivity contribution in [3.8, 4) is 0 Å². The Morgan fingerprint density at radius 3 is 2.64 bits per heavy atom. The van der Waals surface area contributed by atoms with Crippen molar-refractivity contribution in [2.24, 2.45) is 11.8 Å². The maximum absolute atomic E-state index is 11.4. The van der Waals surface area contributed by atoms with E-state index in [1.807, 2.05) is 6.92 Å². The largest absolute Gasteiger partial charge is 0.299 e. The zero-order valence-corrected chi connectivity index (χ0v) is 7.39. The van der Waals surface area contributed by atoms with Crippen molar-refractivity contribution < 1.29 is 4.79 Å². The van der Waals surface area contributed by atoms with Crippen LogP contribution in [-0.4, -0.2) is 5.78 Å². The molecule has 0 N–H and O–H groups in total. The van der Waals surface area contributed by atoms with Crippen LogP contribution in [-0.2, 0) is 4.79 Å². The smallest absolute Gasteiger partial charge is 0.140 e. The van der Waals surface area contributed by atoms with Gasteiger partial charge >= 0.3 is 0 Å². The molecule has 2 atom stereocenters. The summed E-state index contributed by atoms with van der Waals surface area (Å²) in [4.78, 5) is 11.4. The molecule has 1 aliphatic rings. The maximum Gasteiger partial charge on any atom is 0.140 e. The molecule has 0 bridgehead atoms. The van der Waals surface area contributed by atoms with E-state index >= 15 is 0 Å². The lowest BCUT2D eigenvalue weighted by Crippen LogP contribution is -2.23. The first-order valence-electron chi connectivity index (χ1n) is 4.29. The van der Waals surface area contributed by atoms with Gasteiger partial charge in [-0.2, -0.15) is 0 Å². The van der Waals surface area contributed by atoms with Crippen molar-refractivity contribution in [1.29, 1.82) is 0 Å². The van der Waals surface area contributed by atoms with Gasteiger partial charge in [-0.05, 0) is 25.7 Å². The van der Waals surface area contributed by atoms with Gasteiger partial charge in [0.2, 0.25) is 0 Å². The summed E-state index contributed by atoms with van der Waals surface area (Å²) in [5.41, 5.74) is 1.04. The third-order valence-corrected chi connectivity index (χ3v) is 2.48. The molecule has 2 unspecified atom stereocenters. The first-order chi connectivity index (χ1) is 5.11. The van der Waals surface area contributed by atoms with E-state index in [2.05, 4.69) is 13.5 Å². The number of hydrogen-bond donors (Lipinski definition) is 0. The highest BCUT2D eigenvalue weighted by Gasteiger charge is 2.26. The quantitative estimate of drug-likeness (QED) is 0.528. The molecular weight excluding hydrogens is 136 g/mol.